The van der Waals surface area contributed by atoms with Crippen LogP contribution in [0, 0.1) is 23.7 Å². The van der Waals surface area contributed by atoms with Gasteiger partial charge < -0.3 is 14.9 Å². The van der Waals surface area contributed by atoms with Crippen molar-refractivity contribution in [2.24, 2.45) is 11.8 Å². The molecule has 3 heterocycles. The van der Waals surface area contributed by atoms with Crippen molar-refractivity contribution in [1.82, 2.24) is 9.88 Å². The maximum absolute atomic E-state index is 11.3. The van der Waals surface area contributed by atoms with Crippen molar-refractivity contribution >= 4 is 28.2 Å². The van der Waals surface area contributed by atoms with E-state index in [4.69, 9.17) is 4.74 Å². The van der Waals surface area contributed by atoms with Gasteiger partial charge in [0.15, 0.2) is 0 Å². The van der Waals surface area contributed by atoms with Crippen LogP contribution in [0.4, 0.5) is 0 Å². The molecule has 3 aromatic rings. The predicted molar refractivity (Wildman–Crippen MR) is 139 cm³/mol. The highest BCUT2D eigenvalue weighted by molar-refractivity contribution is 7.10. The van der Waals surface area contributed by atoms with E-state index >= 15 is 0 Å². The molecule has 7 heteroatoms. The van der Waals surface area contributed by atoms with Crippen LogP contribution in [0.15, 0.2) is 48.0 Å². The van der Waals surface area contributed by atoms with Gasteiger partial charge in [-0.1, -0.05) is 17.9 Å². The number of benzene rings is 1. The molecule has 1 saturated heterocycles. The number of rotatable bonds is 9. The molecule has 184 valence electrons. The second kappa shape index (κ2) is 12.2. The van der Waals surface area contributed by atoms with Crippen molar-refractivity contribution in [3.63, 3.8) is 0 Å². The van der Waals surface area contributed by atoms with E-state index in [2.05, 4.69) is 21.7 Å². The standard InChI is InChI=1S/C28H32N2O4S/c1-34-22-8-9-26-25(18-22)24(12-14-29-26)27(31)10-6-20-13-16-30(19-21(20)7-11-28(32)33)15-2-4-23-5-3-17-35-23/h3,5,8-9,12,14,17-18,20-21,27,31H,6-7,10-11,13,15-16,19H2,1H3,(H,32,33)/t20-,21-,27-/m1/s1. The first-order valence-corrected chi connectivity index (χ1v) is 13.0. The summed E-state index contributed by atoms with van der Waals surface area (Å²) in [5.74, 6) is 7.13. The molecule has 0 saturated carbocycles. The lowest BCUT2D eigenvalue weighted by atomic mass is 9.79. The van der Waals surface area contributed by atoms with Crippen molar-refractivity contribution in [3.8, 4) is 17.6 Å². The number of aliphatic hydroxyl groups is 1. The number of piperidine rings is 1. The van der Waals surface area contributed by atoms with Gasteiger partial charge in [-0.2, -0.15) is 0 Å². The minimum atomic E-state index is -0.754. The molecule has 1 aliphatic rings. The lowest BCUT2D eigenvalue weighted by Crippen LogP contribution is -2.41. The number of thiophene rings is 1. The van der Waals surface area contributed by atoms with Crippen molar-refractivity contribution in [2.45, 2.75) is 38.2 Å². The third kappa shape index (κ3) is 6.82. The fraction of sp³-hybridized carbons (Fsp3) is 0.429. The third-order valence-corrected chi connectivity index (χ3v) is 7.68. The summed E-state index contributed by atoms with van der Waals surface area (Å²) in [6.07, 6.45) is 4.42. The number of methoxy groups -OCH3 is 1. The molecule has 1 fully saturated rings. The van der Waals surface area contributed by atoms with Crippen molar-refractivity contribution in [2.75, 3.05) is 26.7 Å². The van der Waals surface area contributed by atoms with Gasteiger partial charge in [-0.25, -0.2) is 0 Å². The molecule has 0 aliphatic carbocycles. The van der Waals surface area contributed by atoms with Crippen LogP contribution in [0.25, 0.3) is 10.9 Å². The second-order valence-corrected chi connectivity index (χ2v) is 10.1. The SMILES string of the molecule is COc1ccc2nccc([C@H](O)CC[C@@H]3CCN(CC#Cc4cccs4)C[C@H]3CCC(=O)O)c2c1. The number of aliphatic hydroxyl groups excluding tert-OH is 1. The largest absolute Gasteiger partial charge is 0.497 e. The van der Waals surface area contributed by atoms with Crippen LogP contribution in [0.5, 0.6) is 5.75 Å². The van der Waals surface area contributed by atoms with Gasteiger partial charge in [-0.3, -0.25) is 14.7 Å². The summed E-state index contributed by atoms with van der Waals surface area (Å²) in [5, 5.41) is 23.3. The van der Waals surface area contributed by atoms with Crippen LogP contribution in [0.1, 0.15) is 48.6 Å². The van der Waals surface area contributed by atoms with Gasteiger partial charge in [0.2, 0.25) is 0 Å². The summed E-state index contributed by atoms with van der Waals surface area (Å²) in [5.41, 5.74) is 1.69. The summed E-state index contributed by atoms with van der Waals surface area (Å²) in [6.45, 7) is 2.49. The number of hydrogen-bond donors (Lipinski definition) is 2. The Morgan fingerprint density at radius 2 is 2.17 bits per heavy atom. The molecule has 0 radical (unpaired) electrons. The van der Waals surface area contributed by atoms with E-state index in [1.807, 2.05) is 41.8 Å². The summed E-state index contributed by atoms with van der Waals surface area (Å²) >= 11 is 1.64. The number of aliphatic carboxylic acids is 1. The van der Waals surface area contributed by atoms with Gasteiger partial charge >= 0.3 is 5.97 Å². The van der Waals surface area contributed by atoms with Crippen LogP contribution in [-0.2, 0) is 4.79 Å². The number of carboxylic acids is 1. The van der Waals surface area contributed by atoms with Crippen LogP contribution >= 0.6 is 11.3 Å². The Kier molecular flexibility index (Phi) is 8.75. The molecule has 1 aliphatic heterocycles. The van der Waals surface area contributed by atoms with E-state index in [-0.39, 0.29) is 12.3 Å². The minimum Gasteiger partial charge on any atom is -0.497 e. The van der Waals surface area contributed by atoms with E-state index in [1.165, 1.54) is 0 Å². The number of carbonyl (C=O) groups is 1. The van der Waals surface area contributed by atoms with E-state index in [0.29, 0.717) is 25.3 Å². The maximum Gasteiger partial charge on any atom is 0.303 e. The fourth-order valence-electron chi connectivity index (χ4n) is 5.00. The molecule has 1 aromatic carbocycles. The molecular formula is C28H32N2O4S. The molecule has 35 heavy (non-hydrogen) atoms. The zero-order valence-electron chi connectivity index (χ0n) is 20.0. The predicted octanol–water partition coefficient (Wildman–Crippen LogP) is 4.97. The lowest BCUT2D eigenvalue weighted by Gasteiger charge is -2.38. The summed E-state index contributed by atoms with van der Waals surface area (Å²) in [7, 11) is 1.63. The quantitative estimate of drug-likeness (QED) is 0.410. The van der Waals surface area contributed by atoms with Crippen LogP contribution in [-0.4, -0.2) is 52.8 Å². The van der Waals surface area contributed by atoms with Gasteiger partial charge in [0.25, 0.3) is 0 Å². The second-order valence-electron chi connectivity index (χ2n) is 9.13. The molecule has 0 unspecified atom stereocenters. The first-order chi connectivity index (χ1) is 17.0. The molecule has 0 spiro atoms. The van der Waals surface area contributed by atoms with Gasteiger partial charge in [0.1, 0.15) is 5.75 Å². The number of hydrogen-bond acceptors (Lipinski definition) is 6. The van der Waals surface area contributed by atoms with Crippen LogP contribution in [0.3, 0.4) is 0 Å². The van der Waals surface area contributed by atoms with Gasteiger partial charge in [-0.15, -0.1) is 11.3 Å². The topological polar surface area (TPSA) is 82.9 Å². The summed E-state index contributed by atoms with van der Waals surface area (Å²) < 4.78 is 5.36. The number of nitrogens with zero attached hydrogens (tertiary/aromatic N) is 2. The zero-order valence-corrected chi connectivity index (χ0v) is 20.8. The Labute approximate surface area is 210 Å². The highest BCUT2D eigenvalue weighted by Gasteiger charge is 2.29. The Balaban J connectivity index is 1.39. The van der Waals surface area contributed by atoms with Crippen molar-refractivity contribution in [1.29, 1.82) is 0 Å². The first kappa shape index (κ1) is 25.2. The molecule has 3 atom stereocenters. The average molecular weight is 493 g/mol. The smallest absolute Gasteiger partial charge is 0.303 e. The fourth-order valence-corrected chi connectivity index (χ4v) is 5.59. The molecule has 0 bridgehead atoms. The van der Waals surface area contributed by atoms with Gasteiger partial charge in [0.05, 0.1) is 30.2 Å². The Morgan fingerprint density at radius 1 is 1.29 bits per heavy atom. The van der Waals surface area contributed by atoms with Crippen LogP contribution in [0.2, 0.25) is 0 Å². The van der Waals surface area contributed by atoms with E-state index in [9.17, 15) is 15.0 Å². The van der Waals surface area contributed by atoms with E-state index < -0.39 is 12.1 Å². The maximum atomic E-state index is 11.3. The minimum absolute atomic E-state index is 0.174. The number of pyridine rings is 1. The van der Waals surface area contributed by atoms with Gasteiger partial charge in [0, 0.05) is 24.5 Å². The monoisotopic (exact) mass is 492 g/mol. The molecule has 6 nitrogen and oxygen atoms in total. The normalized spacial score (nSPS) is 19.1. The highest BCUT2D eigenvalue weighted by atomic mass is 32.1. The Bertz CT molecular complexity index is 1180. The highest BCUT2D eigenvalue weighted by Crippen LogP contribution is 2.35. The Hall–Kier alpha value is -2.92. The average Bonchev–Trinajstić information content (AvgIpc) is 3.39. The van der Waals surface area contributed by atoms with Crippen molar-refractivity contribution < 1.29 is 19.7 Å². The molecule has 4 rings (SSSR count). The summed E-state index contributed by atoms with van der Waals surface area (Å²) in [6, 6.07) is 11.6. The number of fused-ring (bicyclic) bond motifs is 1. The summed E-state index contributed by atoms with van der Waals surface area (Å²) in [4.78, 5) is 19.1. The molecule has 2 aromatic heterocycles. The molecule has 2 N–H and O–H groups in total. The lowest BCUT2D eigenvalue weighted by molar-refractivity contribution is -0.137. The van der Waals surface area contributed by atoms with Crippen molar-refractivity contribution in [3.05, 3.63) is 58.4 Å². The molecule has 0 amide bonds. The first-order valence-electron chi connectivity index (χ1n) is 12.1. The number of ether oxygens (including phenoxy) is 1. The van der Waals surface area contributed by atoms with E-state index in [0.717, 1.165) is 53.0 Å². The number of likely N-dealkylation sites (tertiary alicyclic amines) is 1. The van der Waals surface area contributed by atoms with E-state index in [1.54, 1.807) is 24.6 Å². The number of carboxylic acid groups (broad SMARTS) is 1. The third-order valence-electron chi connectivity index (χ3n) is 6.89. The molecular weight excluding hydrogens is 460 g/mol. The van der Waals surface area contributed by atoms with Gasteiger partial charge in [-0.05, 0) is 85.3 Å². The van der Waals surface area contributed by atoms with Crippen LogP contribution < -0.4 is 4.74 Å². The Morgan fingerprint density at radius 3 is 2.94 bits per heavy atom. The number of aromatic nitrogens is 1. The zero-order chi connectivity index (χ0) is 24.6.